The number of hydrogen-bond donors (Lipinski definition) is 0. The van der Waals surface area contributed by atoms with Gasteiger partial charge in [0, 0.05) is 31.1 Å². The lowest BCUT2D eigenvalue weighted by Crippen LogP contribution is -2.49. The number of piperidine rings is 1. The molecule has 0 radical (unpaired) electrons. The van der Waals surface area contributed by atoms with E-state index >= 15 is 0 Å². The van der Waals surface area contributed by atoms with E-state index in [1.54, 1.807) is 0 Å². The van der Waals surface area contributed by atoms with Crippen molar-refractivity contribution in [3.63, 3.8) is 0 Å². The summed E-state index contributed by atoms with van der Waals surface area (Å²) in [5, 5.41) is 5.98. The van der Waals surface area contributed by atoms with E-state index in [9.17, 15) is 9.59 Å². The zero-order valence-corrected chi connectivity index (χ0v) is 16.8. The summed E-state index contributed by atoms with van der Waals surface area (Å²) in [7, 11) is 0. The molecule has 3 heterocycles. The first kappa shape index (κ1) is 19.1. The van der Waals surface area contributed by atoms with Crippen LogP contribution in [0.25, 0.3) is 10.8 Å². The fourth-order valence-corrected chi connectivity index (χ4v) is 4.68. The molecular weight excluding hydrogens is 352 g/mol. The normalized spacial score (nSPS) is 20.8. The SMILES string of the molecule is CCn1nc(CC(=O)N2CCCCC2CN2CCCC2)c2ccccc2c1=O. The maximum atomic E-state index is 13.3. The third-order valence-electron chi connectivity index (χ3n) is 6.18. The lowest BCUT2D eigenvalue weighted by Gasteiger charge is -2.38. The average molecular weight is 383 g/mol. The number of hydrogen-bond acceptors (Lipinski definition) is 4. The molecule has 2 aliphatic heterocycles. The summed E-state index contributed by atoms with van der Waals surface area (Å²) in [5.41, 5.74) is 0.631. The molecule has 4 rings (SSSR count). The molecule has 1 aromatic carbocycles. The second kappa shape index (κ2) is 8.43. The highest BCUT2D eigenvalue weighted by atomic mass is 16.2. The molecule has 2 fully saturated rings. The summed E-state index contributed by atoms with van der Waals surface area (Å²) in [4.78, 5) is 30.4. The number of fused-ring (bicyclic) bond motifs is 1. The summed E-state index contributed by atoms with van der Waals surface area (Å²) in [6.45, 7) is 6.56. The quantitative estimate of drug-likeness (QED) is 0.797. The molecule has 1 unspecified atom stereocenters. The van der Waals surface area contributed by atoms with E-state index in [-0.39, 0.29) is 17.9 Å². The van der Waals surface area contributed by atoms with Crippen LogP contribution >= 0.6 is 0 Å². The number of carbonyl (C=O) groups is 1. The Labute approximate surface area is 166 Å². The molecule has 1 amide bonds. The Morgan fingerprint density at radius 3 is 2.54 bits per heavy atom. The van der Waals surface area contributed by atoms with Gasteiger partial charge in [0.1, 0.15) is 0 Å². The highest BCUT2D eigenvalue weighted by Gasteiger charge is 2.29. The fraction of sp³-hybridized carbons (Fsp3) is 0.591. The van der Waals surface area contributed by atoms with E-state index in [4.69, 9.17) is 0 Å². The van der Waals surface area contributed by atoms with Crippen LogP contribution in [0.4, 0.5) is 0 Å². The second-order valence-electron chi connectivity index (χ2n) is 8.03. The number of nitrogens with zero attached hydrogens (tertiary/aromatic N) is 4. The standard InChI is InChI=1S/C22H30N4O2/c1-2-26-22(28)19-11-4-3-10-18(19)20(23-26)15-21(27)25-14-6-5-9-17(25)16-24-12-7-8-13-24/h3-4,10-11,17H,2,5-9,12-16H2,1H3. The third-order valence-corrected chi connectivity index (χ3v) is 6.18. The lowest BCUT2D eigenvalue weighted by atomic mass is 10.00. The lowest BCUT2D eigenvalue weighted by molar-refractivity contribution is -0.134. The van der Waals surface area contributed by atoms with Crippen molar-refractivity contribution in [2.45, 2.75) is 58.0 Å². The minimum Gasteiger partial charge on any atom is -0.338 e. The van der Waals surface area contributed by atoms with Crippen LogP contribution in [0.15, 0.2) is 29.1 Å². The highest BCUT2D eigenvalue weighted by Crippen LogP contribution is 2.22. The number of aryl methyl sites for hydroxylation is 1. The van der Waals surface area contributed by atoms with Crippen molar-refractivity contribution < 1.29 is 4.79 Å². The summed E-state index contributed by atoms with van der Waals surface area (Å²) in [5.74, 6) is 0.142. The van der Waals surface area contributed by atoms with Crippen LogP contribution in [-0.2, 0) is 17.8 Å². The Hall–Kier alpha value is -2.21. The van der Waals surface area contributed by atoms with Gasteiger partial charge in [-0.05, 0) is 58.2 Å². The van der Waals surface area contributed by atoms with Crippen molar-refractivity contribution in [3.8, 4) is 0 Å². The summed E-state index contributed by atoms with van der Waals surface area (Å²) >= 11 is 0. The minimum atomic E-state index is -0.0841. The zero-order valence-electron chi connectivity index (χ0n) is 16.8. The molecule has 0 N–H and O–H groups in total. The van der Waals surface area contributed by atoms with Gasteiger partial charge >= 0.3 is 0 Å². The summed E-state index contributed by atoms with van der Waals surface area (Å²) in [6, 6.07) is 7.82. The first-order valence-electron chi connectivity index (χ1n) is 10.7. The Balaban J connectivity index is 1.58. The maximum Gasteiger partial charge on any atom is 0.274 e. The molecule has 2 aliphatic rings. The Kier molecular flexibility index (Phi) is 5.76. The Morgan fingerprint density at radius 2 is 1.79 bits per heavy atom. The van der Waals surface area contributed by atoms with Gasteiger partial charge in [0.2, 0.25) is 5.91 Å². The molecule has 0 bridgehead atoms. The van der Waals surface area contributed by atoms with Gasteiger partial charge in [0.15, 0.2) is 0 Å². The Morgan fingerprint density at radius 1 is 1.07 bits per heavy atom. The monoisotopic (exact) mass is 382 g/mol. The topological polar surface area (TPSA) is 58.4 Å². The third kappa shape index (κ3) is 3.83. The first-order chi connectivity index (χ1) is 13.7. The van der Waals surface area contributed by atoms with Gasteiger partial charge in [-0.2, -0.15) is 5.10 Å². The van der Waals surface area contributed by atoms with Crippen LogP contribution in [0, 0.1) is 0 Å². The Bertz CT molecular complexity index is 901. The predicted molar refractivity (Wildman–Crippen MR) is 110 cm³/mol. The van der Waals surface area contributed by atoms with E-state index in [2.05, 4.69) is 14.9 Å². The van der Waals surface area contributed by atoms with Gasteiger partial charge in [0.25, 0.3) is 5.56 Å². The summed E-state index contributed by atoms with van der Waals surface area (Å²) < 4.78 is 1.48. The van der Waals surface area contributed by atoms with E-state index < -0.39 is 0 Å². The van der Waals surface area contributed by atoms with Crippen LogP contribution in [0.2, 0.25) is 0 Å². The molecule has 0 aliphatic carbocycles. The van der Waals surface area contributed by atoms with E-state index in [0.717, 1.165) is 44.4 Å². The van der Waals surface area contributed by atoms with Crippen LogP contribution < -0.4 is 5.56 Å². The maximum absolute atomic E-state index is 13.3. The van der Waals surface area contributed by atoms with E-state index in [1.165, 1.54) is 23.9 Å². The van der Waals surface area contributed by atoms with Crippen molar-refractivity contribution in [2.75, 3.05) is 26.2 Å². The number of benzene rings is 1. The second-order valence-corrected chi connectivity index (χ2v) is 8.03. The van der Waals surface area contributed by atoms with Gasteiger partial charge in [-0.3, -0.25) is 9.59 Å². The highest BCUT2D eigenvalue weighted by molar-refractivity contribution is 5.88. The minimum absolute atomic E-state index is 0.0841. The summed E-state index contributed by atoms with van der Waals surface area (Å²) in [6.07, 6.45) is 6.17. The van der Waals surface area contributed by atoms with Crippen molar-refractivity contribution in [3.05, 3.63) is 40.3 Å². The number of rotatable bonds is 5. The molecule has 6 heteroatoms. The largest absolute Gasteiger partial charge is 0.338 e. The molecule has 1 atom stereocenters. The van der Waals surface area contributed by atoms with E-state index in [0.29, 0.717) is 23.7 Å². The van der Waals surface area contributed by atoms with Crippen LogP contribution in [-0.4, -0.2) is 57.7 Å². The molecule has 2 aromatic rings. The first-order valence-corrected chi connectivity index (χ1v) is 10.7. The van der Waals surface area contributed by atoms with Gasteiger partial charge in [-0.15, -0.1) is 0 Å². The molecule has 0 spiro atoms. The molecule has 1 aromatic heterocycles. The number of amides is 1. The number of aromatic nitrogens is 2. The van der Waals surface area contributed by atoms with Gasteiger partial charge in [-0.1, -0.05) is 18.2 Å². The smallest absolute Gasteiger partial charge is 0.274 e. The predicted octanol–water partition coefficient (Wildman–Crippen LogP) is 2.44. The molecule has 2 saturated heterocycles. The van der Waals surface area contributed by atoms with Crippen molar-refractivity contribution in [2.24, 2.45) is 0 Å². The van der Waals surface area contributed by atoms with E-state index in [1.807, 2.05) is 31.2 Å². The zero-order chi connectivity index (χ0) is 19.5. The van der Waals surface area contributed by atoms with Crippen LogP contribution in [0.5, 0.6) is 0 Å². The fourth-order valence-electron chi connectivity index (χ4n) is 4.68. The molecule has 150 valence electrons. The molecule has 28 heavy (non-hydrogen) atoms. The van der Waals surface area contributed by atoms with Crippen molar-refractivity contribution in [1.29, 1.82) is 0 Å². The molecule has 6 nitrogen and oxygen atoms in total. The molecular formula is C22H30N4O2. The van der Waals surface area contributed by atoms with Gasteiger partial charge < -0.3 is 9.80 Å². The number of likely N-dealkylation sites (tertiary alicyclic amines) is 2. The number of carbonyl (C=O) groups excluding carboxylic acids is 1. The molecule has 0 saturated carbocycles. The average Bonchev–Trinajstić information content (AvgIpc) is 3.23. The van der Waals surface area contributed by atoms with Gasteiger partial charge in [0.05, 0.1) is 17.5 Å². The van der Waals surface area contributed by atoms with Crippen LogP contribution in [0.1, 0.15) is 44.7 Å². The van der Waals surface area contributed by atoms with Gasteiger partial charge in [-0.25, -0.2) is 4.68 Å². The van der Waals surface area contributed by atoms with Crippen molar-refractivity contribution >= 4 is 16.7 Å². The van der Waals surface area contributed by atoms with Crippen LogP contribution in [0.3, 0.4) is 0 Å². The van der Waals surface area contributed by atoms with Crippen molar-refractivity contribution in [1.82, 2.24) is 19.6 Å².